The number of carboxylic acids is 2. The molecule has 1 aliphatic rings. The number of nitrogens with one attached hydrogen (secondary N) is 1. The summed E-state index contributed by atoms with van der Waals surface area (Å²) in [6.07, 6.45) is 6.17. The Hall–Kier alpha value is -4.32. The maximum absolute atomic E-state index is 12.5. The van der Waals surface area contributed by atoms with Gasteiger partial charge in [-0.05, 0) is 50.5 Å². The Balaban J connectivity index is 0.000000532. The third-order valence-electron chi connectivity index (χ3n) is 5.83. The Kier molecular flexibility index (Phi) is 10.1. The van der Waals surface area contributed by atoms with E-state index in [1.54, 1.807) is 17.1 Å². The van der Waals surface area contributed by atoms with Crippen LogP contribution in [0.5, 0.6) is 0 Å². The molecule has 1 aromatic carbocycles. The molecule has 0 saturated carbocycles. The van der Waals surface area contributed by atoms with Crippen molar-refractivity contribution in [1.82, 2.24) is 24.6 Å². The summed E-state index contributed by atoms with van der Waals surface area (Å²) >= 11 is 0. The molecular formula is C27H34N6O6. The van der Waals surface area contributed by atoms with Crippen LogP contribution >= 0.6 is 0 Å². The second-order valence-electron chi connectivity index (χ2n) is 9.50. The van der Waals surface area contributed by atoms with Crippen molar-refractivity contribution in [2.75, 3.05) is 18.4 Å². The van der Waals surface area contributed by atoms with E-state index < -0.39 is 18.4 Å². The number of anilines is 2. The van der Waals surface area contributed by atoms with Gasteiger partial charge in [0.2, 0.25) is 11.9 Å². The van der Waals surface area contributed by atoms with E-state index >= 15 is 0 Å². The minimum Gasteiger partial charge on any atom is -0.481 e. The largest absolute Gasteiger partial charge is 0.481 e. The van der Waals surface area contributed by atoms with Crippen molar-refractivity contribution in [3.05, 3.63) is 54.0 Å². The molecule has 0 aliphatic carbocycles. The zero-order valence-electron chi connectivity index (χ0n) is 22.5. The third-order valence-corrected chi connectivity index (χ3v) is 5.83. The van der Waals surface area contributed by atoms with Gasteiger partial charge in [0.1, 0.15) is 6.42 Å². The van der Waals surface area contributed by atoms with Gasteiger partial charge in [-0.3, -0.25) is 19.1 Å². The molecule has 3 N–H and O–H groups in total. The van der Waals surface area contributed by atoms with Crippen molar-refractivity contribution in [2.45, 2.75) is 52.2 Å². The maximum atomic E-state index is 12.5. The lowest BCUT2D eigenvalue weighted by atomic mass is 9.99. The normalized spacial score (nSPS) is 12.9. The summed E-state index contributed by atoms with van der Waals surface area (Å²) in [5.41, 5.74) is 5.03. The highest BCUT2D eigenvalue weighted by molar-refractivity contribution is 5.88. The second kappa shape index (κ2) is 13.5. The van der Waals surface area contributed by atoms with Gasteiger partial charge in [-0.15, -0.1) is 0 Å². The van der Waals surface area contributed by atoms with Crippen molar-refractivity contribution < 1.29 is 29.3 Å². The van der Waals surface area contributed by atoms with Gasteiger partial charge in [0.15, 0.2) is 0 Å². The summed E-state index contributed by atoms with van der Waals surface area (Å²) in [5, 5.41) is 22.7. The van der Waals surface area contributed by atoms with Gasteiger partial charge >= 0.3 is 11.9 Å². The molecule has 0 radical (unpaired) electrons. The Morgan fingerprint density at radius 3 is 2.44 bits per heavy atom. The molecule has 4 rings (SSSR count). The zero-order chi connectivity index (χ0) is 28.5. The van der Waals surface area contributed by atoms with Crippen LogP contribution < -0.4 is 5.32 Å². The predicted molar refractivity (Wildman–Crippen MR) is 143 cm³/mol. The number of amides is 1. The number of likely N-dealkylation sites (tertiary alicyclic amines) is 1. The zero-order valence-corrected chi connectivity index (χ0v) is 22.5. The van der Waals surface area contributed by atoms with Crippen LogP contribution in [-0.2, 0) is 32.6 Å². The standard InChI is InChI=1S/C24H30N6O2.C3H4O4/c1-16(2)32-21-14-30(15-21)23(31)8-7-18-5-6-19(11-17(18)3)22-9-10-25-24(28-22)27-20-12-26-29(4)13-20;4-2(5)1-3(6)7/h5-6,9-13,16,21H,7-8,14-15H2,1-4H3,(H,25,27,28);1H2,(H,4,5)(H,6,7). The highest BCUT2D eigenvalue weighted by Gasteiger charge is 2.31. The van der Waals surface area contributed by atoms with Crippen LogP contribution in [0.1, 0.15) is 37.8 Å². The van der Waals surface area contributed by atoms with Gasteiger partial charge < -0.3 is 25.2 Å². The number of carbonyl (C=O) groups is 3. The molecule has 1 fully saturated rings. The number of aliphatic carboxylic acids is 2. The number of aromatic nitrogens is 4. The Morgan fingerprint density at radius 2 is 1.87 bits per heavy atom. The lowest BCUT2D eigenvalue weighted by Gasteiger charge is -2.40. The molecule has 2 aromatic heterocycles. The topological polar surface area (TPSA) is 160 Å². The van der Waals surface area contributed by atoms with E-state index in [1.807, 2.05) is 38.1 Å². The number of benzene rings is 1. The third kappa shape index (κ3) is 9.18. The first-order valence-electron chi connectivity index (χ1n) is 12.6. The summed E-state index contributed by atoms with van der Waals surface area (Å²) in [5.74, 6) is -1.91. The minimum atomic E-state index is -1.31. The van der Waals surface area contributed by atoms with Crippen molar-refractivity contribution in [2.24, 2.45) is 7.05 Å². The highest BCUT2D eigenvalue weighted by atomic mass is 16.5. The molecule has 39 heavy (non-hydrogen) atoms. The lowest BCUT2D eigenvalue weighted by Crippen LogP contribution is -2.55. The first kappa shape index (κ1) is 29.2. The molecular weight excluding hydrogens is 504 g/mol. The fraction of sp³-hybridized carbons (Fsp3) is 0.407. The SMILES string of the molecule is Cc1cc(-c2ccnc(Nc3cnn(C)c3)n2)ccc1CCC(=O)N1CC(OC(C)C)C1.O=C(O)CC(=O)O. The molecule has 12 nitrogen and oxygen atoms in total. The van der Waals surface area contributed by atoms with Crippen LogP contribution in [0.25, 0.3) is 11.3 Å². The molecule has 0 unspecified atom stereocenters. The van der Waals surface area contributed by atoms with Crippen LogP contribution in [0.2, 0.25) is 0 Å². The van der Waals surface area contributed by atoms with E-state index in [0.29, 0.717) is 25.5 Å². The van der Waals surface area contributed by atoms with Gasteiger partial charge in [0.05, 0.1) is 29.8 Å². The van der Waals surface area contributed by atoms with Gasteiger partial charge in [-0.1, -0.05) is 12.1 Å². The number of carboxylic acid groups (broad SMARTS) is 2. The minimum absolute atomic E-state index is 0.186. The number of rotatable bonds is 10. The summed E-state index contributed by atoms with van der Waals surface area (Å²) in [6, 6.07) is 8.16. The summed E-state index contributed by atoms with van der Waals surface area (Å²) in [6.45, 7) is 7.54. The summed E-state index contributed by atoms with van der Waals surface area (Å²) in [7, 11) is 1.86. The predicted octanol–water partition coefficient (Wildman–Crippen LogP) is 3.04. The number of hydrogen-bond acceptors (Lipinski definition) is 8. The molecule has 3 aromatic rings. The number of aryl methyl sites for hydroxylation is 3. The fourth-order valence-electron chi connectivity index (χ4n) is 3.97. The average molecular weight is 539 g/mol. The summed E-state index contributed by atoms with van der Waals surface area (Å²) in [4.78, 5) is 42.1. The number of ether oxygens (including phenoxy) is 1. The van der Waals surface area contributed by atoms with Crippen LogP contribution in [0, 0.1) is 6.92 Å². The number of hydrogen-bond donors (Lipinski definition) is 3. The fourth-order valence-corrected chi connectivity index (χ4v) is 3.97. The van der Waals surface area contributed by atoms with Gasteiger partial charge in [-0.2, -0.15) is 5.10 Å². The molecule has 208 valence electrons. The molecule has 1 aliphatic heterocycles. The van der Waals surface area contributed by atoms with Gasteiger partial charge in [-0.25, -0.2) is 9.97 Å². The van der Waals surface area contributed by atoms with Crippen LogP contribution in [-0.4, -0.2) is 78.0 Å². The smallest absolute Gasteiger partial charge is 0.314 e. The Labute approximate surface area is 226 Å². The van der Waals surface area contributed by atoms with Gasteiger partial charge in [0.25, 0.3) is 0 Å². The summed E-state index contributed by atoms with van der Waals surface area (Å²) < 4.78 is 7.45. The highest BCUT2D eigenvalue weighted by Crippen LogP contribution is 2.23. The van der Waals surface area contributed by atoms with Crippen LogP contribution in [0.4, 0.5) is 11.6 Å². The monoisotopic (exact) mass is 538 g/mol. The Bertz CT molecular complexity index is 1290. The molecule has 12 heteroatoms. The molecule has 0 spiro atoms. The van der Waals surface area contributed by atoms with E-state index in [-0.39, 0.29) is 18.1 Å². The van der Waals surface area contributed by atoms with E-state index in [1.165, 1.54) is 5.56 Å². The van der Waals surface area contributed by atoms with Crippen molar-refractivity contribution >= 4 is 29.5 Å². The lowest BCUT2D eigenvalue weighted by molar-refractivity contribution is -0.148. The van der Waals surface area contributed by atoms with E-state index in [9.17, 15) is 14.4 Å². The maximum Gasteiger partial charge on any atom is 0.314 e. The molecule has 0 bridgehead atoms. The van der Waals surface area contributed by atoms with E-state index in [0.717, 1.165) is 28.9 Å². The first-order valence-corrected chi connectivity index (χ1v) is 12.6. The van der Waals surface area contributed by atoms with Crippen LogP contribution in [0.3, 0.4) is 0 Å². The van der Waals surface area contributed by atoms with Gasteiger partial charge in [0, 0.05) is 44.5 Å². The number of carbonyl (C=O) groups excluding carboxylic acids is 1. The Morgan fingerprint density at radius 1 is 1.15 bits per heavy atom. The quantitative estimate of drug-likeness (QED) is 0.327. The van der Waals surface area contributed by atoms with E-state index in [2.05, 4.69) is 45.5 Å². The first-order chi connectivity index (χ1) is 18.5. The van der Waals surface area contributed by atoms with Crippen molar-refractivity contribution in [1.29, 1.82) is 0 Å². The van der Waals surface area contributed by atoms with Crippen molar-refractivity contribution in [3.8, 4) is 11.3 Å². The number of nitrogens with zero attached hydrogens (tertiary/aromatic N) is 5. The van der Waals surface area contributed by atoms with E-state index in [4.69, 9.17) is 14.9 Å². The van der Waals surface area contributed by atoms with Crippen molar-refractivity contribution in [3.63, 3.8) is 0 Å². The van der Waals surface area contributed by atoms with Crippen LogP contribution in [0.15, 0.2) is 42.9 Å². The molecule has 3 heterocycles. The molecule has 0 atom stereocenters. The molecule has 1 saturated heterocycles. The second-order valence-corrected chi connectivity index (χ2v) is 9.50. The molecule has 1 amide bonds. The average Bonchev–Trinajstić information content (AvgIpc) is 3.24.